The number of allylic oxidation sites excluding steroid dienone is 3. The number of para-hydroxylation sites is 2. The molecule has 2 heteroatoms. The Hall–Kier alpha value is -2.74. The topological polar surface area (TPSA) is 25.8 Å². The van der Waals surface area contributed by atoms with Crippen molar-refractivity contribution in [3.63, 3.8) is 0 Å². The third-order valence-electron chi connectivity index (χ3n) is 3.60. The standard InChI is InChI=1S/C20H18N2/c1-4-8-15(3)19-20(16-10-7-9-14(2)13-16)22-18-12-6-5-11-17(18)21-19/h4-13H,1H2,2-3H3/b15-8+. The fourth-order valence-electron chi connectivity index (χ4n) is 2.52. The molecule has 0 fully saturated rings. The van der Waals surface area contributed by atoms with Crippen LogP contribution in [0.4, 0.5) is 0 Å². The summed E-state index contributed by atoms with van der Waals surface area (Å²) in [6.45, 7) is 7.91. The third-order valence-corrected chi connectivity index (χ3v) is 3.60. The van der Waals surface area contributed by atoms with Crippen LogP contribution >= 0.6 is 0 Å². The Morgan fingerprint density at radius 2 is 1.73 bits per heavy atom. The monoisotopic (exact) mass is 286 g/mol. The highest BCUT2D eigenvalue weighted by Crippen LogP contribution is 2.28. The van der Waals surface area contributed by atoms with Crippen LogP contribution in [-0.2, 0) is 0 Å². The molecular weight excluding hydrogens is 268 g/mol. The predicted octanol–water partition coefficient (Wildman–Crippen LogP) is 5.19. The normalized spacial score (nSPS) is 11.6. The number of rotatable bonds is 3. The average Bonchev–Trinajstić information content (AvgIpc) is 2.54. The number of aromatic nitrogens is 2. The molecule has 0 aliphatic rings. The van der Waals surface area contributed by atoms with Gasteiger partial charge in [0.25, 0.3) is 0 Å². The highest BCUT2D eigenvalue weighted by atomic mass is 14.8. The molecular formula is C20H18N2. The maximum absolute atomic E-state index is 4.85. The van der Waals surface area contributed by atoms with Gasteiger partial charge < -0.3 is 0 Å². The molecule has 2 aromatic carbocycles. The quantitative estimate of drug-likeness (QED) is 0.619. The van der Waals surface area contributed by atoms with Crippen molar-refractivity contribution in [2.24, 2.45) is 0 Å². The van der Waals surface area contributed by atoms with Gasteiger partial charge in [-0.05, 0) is 37.6 Å². The molecule has 0 saturated heterocycles. The van der Waals surface area contributed by atoms with E-state index in [1.165, 1.54) is 5.56 Å². The van der Waals surface area contributed by atoms with Crippen molar-refractivity contribution in [3.8, 4) is 11.3 Å². The SMILES string of the molecule is C=C/C=C(\C)c1nc2ccccc2nc1-c1cccc(C)c1. The van der Waals surface area contributed by atoms with Crippen LogP contribution in [0.1, 0.15) is 18.2 Å². The van der Waals surface area contributed by atoms with Crippen LogP contribution in [0.15, 0.2) is 67.3 Å². The fourth-order valence-corrected chi connectivity index (χ4v) is 2.52. The molecule has 22 heavy (non-hydrogen) atoms. The Balaban J connectivity index is 2.32. The molecule has 0 amide bonds. The van der Waals surface area contributed by atoms with Crippen molar-refractivity contribution in [3.05, 3.63) is 78.5 Å². The maximum atomic E-state index is 4.85. The van der Waals surface area contributed by atoms with Gasteiger partial charge in [-0.3, -0.25) is 0 Å². The molecule has 3 aromatic rings. The Morgan fingerprint density at radius 3 is 2.41 bits per heavy atom. The fraction of sp³-hybridized carbons (Fsp3) is 0.100. The lowest BCUT2D eigenvalue weighted by molar-refractivity contribution is 1.24. The largest absolute Gasteiger partial charge is 0.244 e. The van der Waals surface area contributed by atoms with Crippen molar-refractivity contribution in [1.82, 2.24) is 9.97 Å². The summed E-state index contributed by atoms with van der Waals surface area (Å²) in [5, 5.41) is 0. The minimum absolute atomic E-state index is 0.907. The lowest BCUT2D eigenvalue weighted by atomic mass is 10.0. The van der Waals surface area contributed by atoms with Gasteiger partial charge in [0.15, 0.2) is 0 Å². The van der Waals surface area contributed by atoms with Crippen LogP contribution in [-0.4, -0.2) is 9.97 Å². The average molecular weight is 286 g/mol. The molecule has 0 bridgehead atoms. The Labute approximate surface area is 130 Å². The van der Waals surface area contributed by atoms with Gasteiger partial charge in [-0.25, -0.2) is 9.97 Å². The summed E-state index contributed by atoms with van der Waals surface area (Å²) in [6.07, 6.45) is 3.75. The van der Waals surface area contributed by atoms with Gasteiger partial charge in [0.2, 0.25) is 0 Å². The summed E-state index contributed by atoms with van der Waals surface area (Å²) in [6, 6.07) is 16.3. The van der Waals surface area contributed by atoms with Crippen molar-refractivity contribution < 1.29 is 0 Å². The van der Waals surface area contributed by atoms with Crippen LogP contribution in [0.2, 0.25) is 0 Å². The zero-order chi connectivity index (χ0) is 15.5. The van der Waals surface area contributed by atoms with Gasteiger partial charge in [0.1, 0.15) is 0 Å². The number of fused-ring (bicyclic) bond motifs is 1. The second-order valence-corrected chi connectivity index (χ2v) is 5.36. The highest BCUT2D eigenvalue weighted by molar-refractivity contribution is 5.84. The molecule has 3 rings (SSSR count). The van der Waals surface area contributed by atoms with Gasteiger partial charge in [-0.2, -0.15) is 0 Å². The lowest BCUT2D eigenvalue weighted by Gasteiger charge is -2.11. The minimum Gasteiger partial charge on any atom is -0.244 e. The van der Waals surface area contributed by atoms with E-state index in [1.54, 1.807) is 6.08 Å². The van der Waals surface area contributed by atoms with E-state index in [9.17, 15) is 0 Å². The molecule has 0 spiro atoms. The van der Waals surface area contributed by atoms with E-state index in [4.69, 9.17) is 9.97 Å². The third kappa shape index (κ3) is 2.68. The molecule has 0 atom stereocenters. The zero-order valence-electron chi connectivity index (χ0n) is 12.9. The molecule has 1 aromatic heterocycles. The smallest absolute Gasteiger partial charge is 0.0969 e. The van der Waals surface area contributed by atoms with Crippen LogP contribution in [0.3, 0.4) is 0 Å². The molecule has 0 N–H and O–H groups in total. The summed E-state index contributed by atoms with van der Waals surface area (Å²) in [5.74, 6) is 0. The number of hydrogen-bond acceptors (Lipinski definition) is 2. The highest BCUT2D eigenvalue weighted by Gasteiger charge is 2.12. The first-order valence-electron chi connectivity index (χ1n) is 7.32. The first kappa shape index (κ1) is 14.2. The summed E-state index contributed by atoms with van der Waals surface area (Å²) in [7, 11) is 0. The zero-order valence-corrected chi connectivity index (χ0v) is 12.9. The van der Waals surface area contributed by atoms with Crippen LogP contribution in [0.25, 0.3) is 27.9 Å². The van der Waals surface area contributed by atoms with Crippen LogP contribution in [0, 0.1) is 6.92 Å². The van der Waals surface area contributed by atoms with Gasteiger partial charge in [-0.1, -0.05) is 54.6 Å². The molecule has 0 aliphatic heterocycles. The summed E-state index contributed by atoms with van der Waals surface area (Å²) < 4.78 is 0. The maximum Gasteiger partial charge on any atom is 0.0969 e. The van der Waals surface area contributed by atoms with Crippen LogP contribution < -0.4 is 0 Å². The number of nitrogens with zero attached hydrogens (tertiary/aromatic N) is 2. The van der Waals surface area contributed by atoms with Gasteiger partial charge >= 0.3 is 0 Å². The first-order chi connectivity index (χ1) is 10.7. The Morgan fingerprint density at radius 1 is 1.00 bits per heavy atom. The number of hydrogen-bond donors (Lipinski definition) is 0. The second kappa shape index (κ2) is 5.94. The predicted molar refractivity (Wildman–Crippen MR) is 93.6 cm³/mol. The van der Waals surface area contributed by atoms with Crippen molar-refractivity contribution in [1.29, 1.82) is 0 Å². The summed E-state index contributed by atoms with van der Waals surface area (Å²) >= 11 is 0. The van der Waals surface area contributed by atoms with Crippen molar-refractivity contribution in [2.45, 2.75) is 13.8 Å². The molecule has 108 valence electrons. The van der Waals surface area contributed by atoms with E-state index in [1.807, 2.05) is 37.3 Å². The van der Waals surface area contributed by atoms with E-state index in [2.05, 4.69) is 37.8 Å². The van der Waals surface area contributed by atoms with Crippen molar-refractivity contribution in [2.75, 3.05) is 0 Å². The number of aryl methyl sites for hydroxylation is 1. The minimum atomic E-state index is 0.907. The molecule has 0 radical (unpaired) electrons. The van der Waals surface area contributed by atoms with E-state index in [0.29, 0.717) is 0 Å². The molecule has 1 heterocycles. The van der Waals surface area contributed by atoms with Gasteiger partial charge in [-0.15, -0.1) is 0 Å². The van der Waals surface area contributed by atoms with E-state index in [-0.39, 0.29) is 0 Å². The molecule has 0 saturated carbocycles. The molecule has 2 nitrogen and oxygen atoms in total. The lowest BCUT2D eigenvalue weighted by Crippen LogP contribution is -1.97. The van der Waals surface area contributed by atoms with E-state index >= 15 is 0 Å². The first-order valence-corrected chi connectivity index (χ1v) is 7.32. The van der Waals surface area contributed by atoms with Gasteiger partial charge in [0.05, 0.1) is 22.4 Å². The molecule has 0 unspecified atom stereocenters. The summed E-state index contributed by atoms with van der Waals surface area (Å²) in [5.41, 5.74) is 7.00. The van der Waals surface area contributed by atoms with Gasteiger partial charge in [0, 0.05) is 5.56 Å². The van der Waals surface area contributed by atoms with E-state index < -0.39 is 0 Å². The Kier molecular flexibility index (Phi) is 3.84. The van der Waals surface area contributed by atoms with Crippen LogP contribution in [0.5, 0.6) is 0 Å². The Bertz CT molecular complexity index is 876. The number of benzene rings is 2. The molecule has 0 aliphatic carbocycles. The van der Waals surface area contributed by atoms with Crippen molar-refractivity contribution >= 4 is 16.6 Å². The second-order valence-electron chi connectivity index (χ2n) is 5.36. The van der Waals surface area contributed by atoms with E-state index in [0.717, 1.165) is 33.6 Å². The summed E-state index contributed by atoms with van der Waals surface area (Å²) in [4.78, 5) is 9.67.